The van der Waals surface area contributed by atoms with Crippen LogP contribution in [-0.4, -0.2) is 45.4 Å². The van der Waals surface area contributed by atoms with Crippen molar-refractivity contribution in [2.75, 3.05) is 5.88 Å². The quantitative estimate of drug-likeness (QED) is 0.236. The van der Waals surface area contributed by atoms with Gasteiger partial charge in [-0.1, -0.05) is 47.6 Å². The second-order valence-corrected chi connectivity index (χ2v) is 10.3. The molecular formula is C25H22Cl4N2O4. The predicted molar refractivity (Wildman–Crippen MR) is 135 cm³/mol. The molecule has 3 atom stereocenters. The summed E-state index contributed by atoms with van der Waals surface area (Å²) in [5.41, 5.74) is 0.353. The van der Waals surface area contributed by atoms with Crippen molar-refractivity contribution in [2.45, 2.75) is 38.1 Å². The molecule has 2 fully saturated rings. The lowest BCUT2D eigenvalue weighted by molar-refractivity contribution is -0.156. The number of fused-ring (bicyclic) bond motifs is 1. The fourth-order valence-corrected chi connectivity index (χ4v) is 5.40. The first-order chi connectivity index (χ1) is 16.7. The minimum atomic E-state index is -1.20. The minimum absolute atomic E-state index is 0.0121. The summed E-state index contributed by atoms with van der Waals surface area (Å²) in [6.45, 7) is 0. The first-order valence-electron chi connectivity index (χ1n) is 11.3. The van der Waals surface area contributed by atoms with Gasteiger partial charge in [-0.05, 0) is 61.7 Å². The van der Waals surface area contributed by atoms with Crippen molar-refractivity contribution >= 4 is 69.9 Å². The van der Waals surface area contributed by atoms with Crippen molar-refractivity contribution in [3.63, 3.8) is 0 Å². The highest BCUT2D eigenvalue weighted by atomic mass is 35.5. The van der Waals surface area contributed by atoms with Crippen LogP contribution in [0, 0.1) is 11.8 Å². The number of Topliss-reactive ketones (excluding diaryl/α,β-unsaturated/α-hetero) is 1. The molecule has 0 unspecified atom stereocenters. The summed E-state index contributed by atoms with van der Waals surface area (Å²) in [6.07, 6.45) is 2.79. The lowest BCUT2D eigenvalue weighted by Crippen LogP contribution is -2.57. The Balaban J connectivity index is 1.81. The highest BCUT2D eigenvalue weighted by molar-refractivity contribution is 6.42. The van der Waals surface area contributed by atoms with Crippen molar-refractivity contribution in [2.24, 2.45) is 11.8 Å². The highest BCUT2D eigenvalue weighted by Crippen LogP contribution is 2.40. The standard InChI is InChI=1S/C25H22Cl4N2O4/c26-12-11-21(22(32)14-5-8-16(27)9-6-14)30(23(33)15-7-10-19(28)20(29)13-15)31-24(34)17-3-1-2-4-18(17)25(31)35/h5-10,13,17-18,21H,1-4,11-12H2/t17-,18-,21-/m0/s1. The van der Waals surface area contributed by atoms with Crippen LogP contribution in [0.5, 0.6) is 0 Å². The molecule has 184 valence electrons. The van der Waals surface area contributed by atoms with E-state index in [-0.39, 0.29) is 33.5 Å². The number of hydrogen-bond donors (Lipinski definition) is 0. The van der Waals surface area contributed by atoms with E-state index in [2.05, 4.69) is 0 Å². The van der Waals surface area contributed by atoms with E-state index >= 15 is 0 Å². The van der Waals surface area contributed by atoms with Crippen LogP contribution in [0.15, 0.2) is 42.5 Å². The Bertz CT molecular complexity index is 1150. The van der Waals surface area contributed by atoms with Gasteiger partial charge in [-0.3, -0.25) is 19.2 Å². The number of nitrogens with zero attached hydrogens (tertiary/aromatic N) is 2. The Hall–Kier alpha value is -2.12. The maximum atomic E-state index is 13.9. The molecule has 2 aliphatic rings. The third-order valence-electron chi connectivity index (χ3n) is 6.52. The average molecular weight is 556 g/mol. The number of hydrazine groups is 1. The van der Waals surface area contributed by atoms with Crippen LogP contribution >= 0.6 is 46.4 Å². The van der Waals surface area contributed by atoms with E-state index in [1.807, 2.05) is 0 Å². The van der Waals surface area contributed by atoms with Crippen molar-refractivity contribution in [3.05, 3.63) is 68.7 Å². The Labute approximate surface area is 223 Å². The fourth-order valence-electron chi connectivity index (χ4n) is 4.76. The van der Waals surface area contributed by atoms with Crippen molar-refractivity contribution in [3.8, 4) is 0 Å². The first kappa shape index (κ1) is 26.0. The smallest absolute Gasteiger partial charge is 0.273 e. The topological polar surface area (TPSA) is 74.8 Å². The van der Waals surface area contributed by atoms with Crippen LogP contribution in [-0.2, 0) is 9.59 Å². The molecule has 1 saturated carbocycles. The van der Waals surface area contributed by atoms with Crippen molar-refractivity contribution in [1.82, 2.24) is 10.0 Å². The molecule has 0 N–H and O–H groups in total. The van der Waals surface area contributed by atoms with Gasteiger partial charge in [0.2, 0.25) is 0 Å². The molecule has 6 nitrogen and oxygen atoms in total. The summed E-state index contributed by atoms with van der Waals surface area (Å²) in [6, 6.07) is 9.19. The zero-order valence-corrected chi connectivity index (χ0v) is 21.6. The molecule has 0 bridgehead atoms. The zero-order chi connectivity index (χ0) is 25.3. The van der Waals surface area contributed by atoms with E-state index < -0.39 is 41.4 Å². The molecular weight excluding hydrogens is 534 g/mol. The average Bonchev–Trinajstić information content (AvgIpc) is 3.10. The van der Waals surface area contributed by atoms with Gasteiger partial charge in [0, 0.05) is 22.0 Å². The number of alkyl halides is 1. The number of ketones is 1. The largest absolute Gasteiger partial charge is 0.292 e. The number of hydrogen-bond acceptors (Lipinski definition) is 4. The number of benzene rings is 2. The SMILES string of the molecule is O=C(c1ccc(Cl)cc1)[C@H](CCCl)N(C(=O)c1ccc(Cl)c(Cl)c1)N1C(=O)[C@H]2CCCC[C@@H]2C1=O. The first-order valence-corrected chi connectivity index (χ1v) is 12.9. The van der Waals surface area contributed by atoms with Gasteiger partial charge < -0.3 is 0 Å². The van der Waals surface area contributed by atoms with E-state index in [4.69, 9.17) is 46.4 Å². The second-order valence-electron chi connectivity index (χ2n) is 8.63. The fraction of sp³-hybridized carbons (Fsp3) is 0.360. The molecule has 10 heteroatoms. The summed E-state index contributed by atoms with van der Waals surface area (Å²) in [5.74, 6) is -3.15. The molecule has 3 amide bonds. The van der Waals surface area contributed by atoms with Crippen LogP contribution in [0.1, 0.15) is 52.8 Å². The van der Waals surface area contributed by atoms with Gasteiger partial charge in [-0.25, -0.2) is 5.01 Å². The van der Waals surface area contributed by atoms with Crippen molar-refractivity contribution in [1.29, 1.82) is 0 Å². The summed E-state index contributed by atoms with van der Waals surface area (Å²) in [7, 11) is 0. The maximum absolute atomic E-state index is 13.9. The van der Waals surface area contributed by atoms with Gasteiger partial charge in [-0.2, -0.15) is 5.01 Å². The molecule has 2 aromatic rings. The molecule has 0 radical (unpaired) electrons. The highest BCUT2D eigenvalue weighted by Gasteiger charge is 2.53. The Morgan fingerprint density at radius 1 is 0.886 bits per heavy atom. The number of amides is 3. The summed E-state index contributed by atoms with van der Waals surface area (Å²) < 4.78 is 0. The van der Waals surface area contributed by atoms with Crippen LogP contribution in [0.3, 0.4) is 0 Å². The van der Waals surface area contributed by atoms with Gasteiger partial charge >= 0.3 is 0 Å². The maximum Gasteiger partial charge on any atom is 0.273 e. The number of carbonyl (C=O) groups is 4. The van der Waals surface area contributed by atoms with Gasteiger partial charge in [0.15, 0.2) is 5.78 Å². The molecule has 0 aromatic heterocycles. The van der Waals surface area contributed by atoms with Gasteiger partial charge in [-0.15, -0.1) is 11.6 Å². The molecule has 1 heterocycles. The summed E-state index contributed by atoms with van der Waals surface area (Å²) in [5, 5.41) is 2.65. The second kappa shape index (κ2) is 10.9. The molecule has 2 aromatic carbocycles. The molecule has 1 aliphatic carbocycles. The van der Waals surface area contributed by atoms with E-state index in [1.54, 1.807) is 12.1 Å². The molecule has 1 saturated heterocycles. The molecule has 35 heavy (non-hydrogen) atoms. The van der Waals surface area contributed by atoms with Crippen LogP contribution in [0.2, 0.25) is 15.1 Å². The van der Waals surface area contributed by atoms with Crippen LogP contribution in [0.4, 0.5) is 0 Å². The van der Waals surface area contributed by atoms with E-state index in [0.29, 0.717) is 17.9 Å². The van der Waals surface area contributed by atoms with Gasteiger partial charge in [0.1, 0.15) is 6.04 Å². The van der Waals surface area contributed by atoms with E-state index in [9.17, 15) is 19.2 Å². The summed E-state index contributed by atoms with van der Waals surface area (Å²) in [4.78, 5) is 54.4. The Morgan fingerprint density at radius 3 is 2.00 bits per heavy atom. The normalized spacial score (nSPS) is 20.5. The summed E-state index contributed by atoms with van der Waals surface area (Å²) >= 11 is 24.2. The molecule has 4 rings (SSSR count). The lowest BCUT2D eigenvalue weighted by Gasteiger charge is -2.36. The third-order valence-corrected chi connectivity index (χ3v) is 7.73. The van der Waals surface area contributed by atoms with E-state index in [0.717, 1.165) is 22.9 Å². The lowest BCUT2D eigenvalue weighted by atomic mass is 9.81. The van der Waals surface area contributed by atoms with Crippen molar-refractivity contribution < 1.29 is 19.2 Å². The molecule has 1 aliphatic heterocycles. The Kier molecular flexibility index (Phi) is 8.06. The monoisotopic (exact) mass is 554 g/mol. The predicted octanol–water partition coefficient (Wildman–Crippen LogP) is 6.06. The van der Waals surface area contributed by atoms with Crippen LogP contribution < -0.4 is 0 Å². The number of halogens is 4. The third kappa shape index (κ3) is 5.08. The van der Waals surface area contributed by atoms with Crippen LogP contribution in [0.25, 0.3) is 0 Å². The Morgan fingerprint density at radius 2 is 1.46 bits per heavy atom. The van der Waals surface area contributed by atoms with E-state index in [1.165, 1.54) is 30.3 Å². The minimum Gasteiger partial charge on any atom is -0.292 e. The van der Waals surface area contributed by atoms with Gasteiger partial charge in [0.25, 0.3) is 17.7 Å². The number of carbonyl (C=O) groups excluding carboxylic acids is 4. The number of rotatable bonds is 7. The zero-order valence-electron chi connectivity index (χ0n) is 18.6. The number of imide groups is 1. The molecule has 0 spiro atoms. The van der Waals surface area contributed by atoms with Gasteiger partial charge in [0.05, 0.1) is 21.9 Å².